The van der Waals surface area contributed by atoms with Gasteiger partial charge in [0.25, 0.3) is 5.89 Å². The van der Waals surface area contributed by atoms with Crippen molar-refractivity contribution in [2.45, 2.75) is 53.1 Å². The second-order valence-electron chi connectivity index (χ2n) is 5.84. The molecule has 0 aliphatic rings. The molecule has 2 aromatic rings. The summed E-state index contributed by atoms with van der Waals surface area (Å²) in [5.74, 6) is 1.01. The molecule has 0 saturated carbocycles. The summed E-state index contributed by atoms with van der Waals surface area (Å²) in [5.41, 5.74) is 2.35. The fourth-order valence-electron chi connectivity index (χ4n) is 2.12. The van der Waals surface area contributed by atoms with E-state index in [1.807, 2.05) is 38.1 Å². The van der Waals surface area contributed by atoms with Gasteiger partial charge >= 0.3 is 0 Å². The third-order valence-electron chi connectivity index (χ3n) is 3.56. The van der Waals surface area contributed by atoms with Gasteiger partial charge in [-0.3, -0.25) is 4.79 Å². The Morgan fingerprint density at radius 1 is 1.32 bits per heavy atom. The maximum atomic E-state index is 11.0. The van der Waals surface area contributed by atoms with Crippen LogP contribution in [0.1, 0.15) is 63.9 Å². The number of carbonyl (C=O) groups is 1. The van der Waals surface area contributed by atoms with Crippen LogP contribution in [-0.4, -0.2) is 21.8 Å². The molecule has 134 valence electrons. The molecular weight excluding hydrogens is 320 g/mol. The monoisotopic (exact) mass is 344 g/mol. The van der Waals surface area contributed by atoms with Gasteiger partial charge in [-0.15, -0.1) is 0 Å². The fraction of sp³-hybridized carbons (Fsp3) is 0.444. The van der Waals surface area contributed by atoms with Gasteiger partial charge in [-0.05, 0) is 38.0 Å². The van der Waals surface area contributed by atoms with Crippen LogP contribution in [0.2, 0.25) is 0 Å². The first-order chi connectivity index (χ1) is 12.0. The lowest BCUT2D eigenvalue weighted by molar-refractivity contribution is -0.114. The van der Waals surface area contributed by atoms with Crippen molar-refractivity contribution in [1.29, 1.82) is 0 Å². The van der Waals surface area contributed by atoms with E-state index in [4.69, 9.17) is 9.36 Å². The number of nitrogens with zero attached hydrogens (tertiary/aromatic N) is 3. The number of carbonyl (C=O) groups excluding carboxylic acids is 1. The summed E-state index contributed by atoms with van der Waals surface area (Å²) in [6.07, 6.45) is 2.49. The van der Waals surface area contributed by atoms with E-state index >= 15 is 0 Å². The topological polar surface area (TPSA) is 89.6 Å². The van der Waals surface area contributed by atoms with Crippen LogP contribution in [-0.2, 0) is 16.1 Å². The third-order valence-corrected chi connectivity index (χ3v) is 3.56. The molecule has 0 bridgehead atoms. The number of nitrogens with one attached hydrogen (secondary N) is 1. The highest BCUT2D eigenvalue weighted by atomic mass is 16.6. The molecule has 2 rings (SSSR count). The van der Waals surface area contributed by atoms with Crippen LogP contribution in [0.5, 0.6) is 0 Å². The van der Waals surface area contributed by atoms with Crippen LogP contribution < -0.4 is 5.32 Å². The highest BCUT2D eigenvalue weighted by Crippen LogP contribution is 2.17. The van der Waals surface area contributed by atoms with Crippen LogP contribution >= 0.6 is 0 Å². The van der Waals surface area contributed by atoms with Gasteiger partial charge in [0.1, 0.15) is 0 Å². The zero-order chi connectivity index (χ0) is 18.2. The van der Waals surface area contributed by atoms with Gasteiger partial charge < -0.3 is 14.7 Å². The van der Waals surface area contributed by atoms with Crippen molar-refractivity contribution in [3.05, 3.63) is 41.5 Å². The molecule has 0 saturated heterocycles. The highest BCUT2D eigenvalue weighted by Gasteiger charge is 2.15. The second kappa shape index (κ2) is 8.96. The minimum atomic E-state index is -0.420. The molecule has 0 fully saturated rings. The first-order valence-corrected chi connectivity index (χ1v) is 8.40. The SMILES string of the molecule is CCCCc1noc([C@H](C)ON=C(C)c2ccc(NC(C)=O)cc2)n1. The summed E-state index contributed by atoms with van der Waals surface area (Å²) in [5, 5.41) is 10.8. The molecule has 25 heavy (non-hydrogen) atoms. The number of aromatic nitrogens is 2. The van der Waals surface area contributed by atoms with Crippen LogP contribution in [0, 0.1) is 0 Å². The molecule has 0 aliphatic carbocycles. The number of oxime groups is 1. The highest BCUT2D eigenvalue weighted by molar-refractivity contribution is 5.99. The Balaban J connectivity index is 1.95. The number of rotatable bonds is 8. The lowest BCUT2D eigenvalue weighted by Gasteiger charge is -2.07. The molecule has 0 spiro atoms. The summed E-state index contributed by atoms with van der Waals surface area (Å²) in [6, 6.07) is 7.37. The predicted molar refractivity (Wildman–Crippen MR) is 95.4 cm³/mol. The van der Waals surface area contributed by atoms with Gasteiger partial charge in [-0.2, -0.15) is 4.98 Å². The van der Waals surface area contributed by atoms with Crippen molar-refractivity contribution < 1.29 is 14.2 Å². The Morgan fingerprint density at radius 2 is 2.04 bits per heavy atom. The molecule has 1 aromatic heterocycles. The van der Waals surface area contributed by atoms with Gasteiger partial charge in [0.2, 0.25) is 12.0 Å². The number of benzene rings is 1. The zero-order valence-corrected chi connectivity index (χ0v) is 15.1. The average molecular weight is 344 g/mol. The fourth-order valence-corrected chi connectivity index (χ4v) is 2.12. The van der Waals surface area contributed by atoms with Gasteiger partial charge in [0.15, 0.2) is 5.82 Å². The van der Waals surface area contributed by atoms with E-state index in [2.05, 4.69) is 27.5 Å². The summed E-state index contributed by atoms with van der Waals surface area (Å²) >= 11 is 0. The quantitative estimate of drug-likeness (QED) is 0.580. The first kappa shape index (κ1) is 18.6. The minimum absolute atomic E-state index is 0.104. The van der Waals surface area contributed by atoms with Gasteiger partial charge in [0.05, 0.1) is 5.71 Å². The molecule has 7 heteroatoms. The maximum absolute atomic E-state index is 11.0. The van der Waals surface area contributed by atoms with Crippen LogP contribution in [0.15, 0.2) is 33.9 Å². The normalized spacial score (nSPS) is 12.7. The molecule has 1 heterocycles. The molecular formula is C18H24N4O3. The first-order valence-electron chi connectivity index (χ1n) is 8.40. The van der Waals surface area contributed by atoms with Crippen molar-refractivity contribution in [3.8, 4) is 0 Å². The van der Waals surface area contributed by atoms with Crippen molar-refractivity contribution in [2.75, 3.05) is 5.32 Å². The predicted octanol–water partition coefficient (Wildman–Crippen LogP) is 3.87. The van der Waals surface area contributed by atoms with E-state index in [0.29, 0.717) is 17.4 Å². The Labute approximate surface area is 147 Å². The van der Waals surface area contributed by atoms with Crippen LogP contribution in [0.4, 0.5) is 5.69 Å². The number of hydrogen-bond donors (Lipinski definition) is 1. The molecule has 7 nitrogen and oxygen atoms in total. The Morgan fingerprint density at radius 3 is 2.68 bits per heavy atom. The largest absolute Gasteiger partial charge is 0.382 e. The number of anilines is 1. The standard InChI is InChI=1S/C18H24N4O3/c1-5-6-7-17-20-18(25-22-17)13(3)24-21-12(2)15-8-10-16(11-9-15)19-14(4)23/h8-11,13H,5-7H2,1-4H3,(H,19,23)/t13-/m0/s1. The minimum Gasteiger partial charge on any atom is -0.382 e. The molecule has 1 aromatic carbocycles. The van der Waals surface area contributed by atoms with Crippen molar-refractivity contribution in [1.82, 2.24) is 10.1 Å². The molecule has 1 amide bonds. The van der Waals surface area contributed by atoms with E-state index < -0.39 is 6.10 Å². The lowest BCUT2D eigenvalue weighted by Crippen LogP contribution is -2.06. The Kier molecular flexibility index (Phi) is 6.68. The summed E-state index contributed by atoms with van der Waals surface area (Å²) in [4.78, 5) is 20.8. The number of hydrogen-bond acceptors (Lipinski definition) is 6. The Bertz CT molecular complexity index is 722. The van der Waals surface area contributed by atoms with E-state index in [-0.39, 0.29) is 5.91 Å². The van der Waals surface area contributed by atoms with Gasteiger partial charge in [0, 0.05) is 19.0 Å². The third kappa shape index (κ3) is 5.70. The van der Waals surface area contributed by atoms with E-state index in [9.17, 15) is 4.79 Å². The van der Waals surface area contributed by atoms with E-state index in [1.54, 1.807) is 0 Å². The molecule has 0 unspecified atom stereocenters. The average Bonchev–Trinajstić information content (AvgIpc) is 3.06. The van der Waals surface area contributed by atoms with E-state index in [1.165, 1.54) is 6.92 Å². The Hall–Kier alpha value is -2.70. The molecule has 1 atom stereocenters. The number of aryl methyl sites for hydroxylation is 1. The summed E-state index contributed by atoms with van der Waals surface area (Å²) in [7, 11) is 0. The molecule has 1 N–H and O–H groups in total. The second-order valence-corrected chi connectivity index (χ2v) is 5.84. The summed E-state index contributed by atoms with van der Waals surface area (Å²) in [6.45, 7) is 7.25. The number of unbranched alkanes of at least 4 members (excludes halogenated alkanes) is 1. The van der Waals surface area contributed by atoms with Crippen LogP contribution in [0.3, 0.4) is 0 Å². The van der Waals surface area contributed by atoms with Gasteiger partial charge in [-0.25, -0.2) is 0 Å². The zero-order valence-electron chi connectivity index (χ0n) is 15.1. The van der Waals surface area contributed by atoms with E-state index in [0.717, 1.165) is 30.5 Å². The van der Waals surface area contributed by atoms with Gasteiger partial charge in [-0.1, -0.05) is 35.8 Å². The maximum Gasteiger partial charge on any atom is 0.270 e. The van der Waals surface area contributed by atoms with Crippen molar-refractivity contribution >= 4 is 17.3 Å². The molecule has 0 radical (unpaired) electrons. The van der Waals surface area contributed by atoms with Crippen LogP contribution in [0.25, 0.3) is 0 Å². The number of amides is 1. The molecule has 0 aliphatic heterocycles. The van der Waals surface area contributed by atoms with Crippen molar-refractivity contribution in [2.24, 2.45) is 5.16 Å². The smallest absolute Gasteiger partial charge is 0.270 e. The summed E-state index contributed by atoms with van der Waals surface area (Å²) < 4.78 is 5.22. The lowest BCUT2D eigenvalue weighted by atomic mass is 10.1. The van der Waals surface area contributed by atoms with Crippen molar-refractivity contribution in [3.63, 3.8) is 0 Å².